The molecule has 0 N–H and O–H groups in total. The van der Waals surface area contributed by atoms with E-state index < -0.39 is 23.7 Å². The Balaban J connectivity index is 1.92. The summed E-state index contributed by atoms with van der Waals surface area (Å²) in [4.78, 5) is 25.6. The van der Waals surface area contributed by atoms with E-state index >= 15 is 0 Å². The van der Waals surface area contributed by atoms with E-state index in [-0.39, 0.29) is 12.2 Å². The zero-order valence-electron chi connectivity index (χ0n) is 16.1. The summed E-state index contributed by atoms with van der Waals surface area (Å²) in [6, 6.07) is 17.2. The quantitative estimate of drug-likeness (QED) is 0.569. The van der Waals surface area contributed by atoms with Crippen molar-refractivity contribution >= 4 is 11.8 Å². The molecule has 0 saturated carbocycles. The second-order valence-electron chi connectivity index (χ2n) is 7.00. The first-order chi connectivity index (χ1) is 13.6. The fraction of sp³-hybridized carbons (Fsp3) is 0.348. The van der Waals surface area contributed by atoms with Gasteiger partial charge in [0, 0.05) is 6.42 Å². The number of fused-ring (bicyclic) bond motifs is 1. The van der Waals surface area contributed by atoms with Gasteiger partial charge >= 0.3 is 5.97 Å². The molecule has 5 heteroatoms. The fourth-order valence-corrected chi connectivity index (χ4v) is 4.05. The number of carbonyl (C=O) groups excluding carboxylic acids is 2. The SMILES string of the molecule is COC(=O)C(C(=O)Cc1ccccc1)C1CCc2cc(OC)ccc2C1C#N. The molecule has 1 aliphatic carbocycles. The second kappa shape index (κ2) is 8.71. The molecule has 0 radical (unpaired) electrons. The van der Waals surface area contributed by atoms with Crippen LogP contribution in [0.3, 0.4) is 0 Å². The highest BCUT2D eigenvalue weighted by Crippen LogP contribution is 2.42. The van der Waals surface area contributed by atoms with Gasteiger partial charge in [-0.05, 0) is 47.6 Å². The minimum absolute atomic E-state index is 0.144. The van der Waals surface area contributed by atoms with E-state index in [4.69, 9.17) is 9.47 Å². The van der Waals surface area contributed by atoms with Crippen LogP contribution in [0.15, 0.2) is 48.5 Å². The Morgan fingerprint density at radius 1 is 1.18 bits per heavy atom. The zero-order valence-corrected chi connectivity index (χ0v) is 16.1. The number of hydrogen-bond donors (Lipinski definition) is 0. The molecule has 3 atom stereocenters. The molecular weight excluding hydrogens is 354 g/mol. The van der Waals surface area contributed by atoms with Crippen LogP contribution in [0.5, 0.6) is 5.75 Å². The van der Waals surface area contributed by atoms with Gasteiger partial charge in [0.15, 0.2) is 5.78 Å². The van der Waals surface area contributed by atoms with Crippen molar-refractivity contribution in [2.24, 2.45) is 11.8 Å². The molecule has 0 aliphatic heterocycles. The lowest BCUT2D eigenvalue weighted by Gasteiger charge is -2.33. The maximum Gasteiger partial charge on any atom is 0.316 e. The molecule has 3 unspecified atom stereocenters. The van der Waals surface area contributed by atoms with Crippen LogP contribution >= 0.6 is 0 Å². The minimum atomic E-state index is -0.954. The average molecular weight is 377 g/mol. The number of carbonyl (C=O) groups is 2. The number of rotatable bonds is 6. The van der Waals surface area contributed by atoms with E-state index in [1.165, 1.54) is 7.11 Å². The maximum atomic E-state index is 13.1. The van der Waals surface area contributed by atoms with Gasteiger partial charge in [0.25, 0.3) is 0 Å². The van der Waals surface area contributed by atoms with Crippen LogP contribution in [-0.4, -0.2) is 26.0 Å². The van der Waals surface area contributed by atoms with Crippen LogP contribution in [-0.2, 0) is 27.2 Å². The van der Waals surface area contributed by atoms with Gasteiger partial charge in [-0.3, -0.25) is 9.59 Å². The van der Waals surface area contributed by atoms with Gasteiger partial charge in [0.05, 0.1) is 26.2 Å². The van der Waals surface area contributed by atoms with Crippen LogP contribution < -0.4 is 4.74 Å². The predicted octanol–water partition coefficient (Wildman–Crippen LogP) is 3.47. The van der Waals surface area contributed by atoms with Crippen molar-refractivity contribution in [3.8, 4) is 11.8 Å². The Bertz CT molecular complexity index is 901. The summed E-state index contributed by atoms with van der Waals surface area (Å²) >= 11 is 0. The van der Waals surface area contributed by atoms with Gasteiger partial charge in [-0.15, -0.1) is 0 Å². The third kappa shape index (κ3) is 3.91. The van der Waals surface area contributed by atoms with Crippen molar-refractivity contribution in [2.45, 2.75) is 25.2 Å². The van der Waals surface area contributed by atoms with E-state index in [2.05, 4.69) is 6.07 Å². The molecule has 144 valence electrons. The second-order valence-corrected chi connectivity index (χ2v) is 7.00. The highest BCUT2D eigenvalue weighted by molar-refractivity contribution is 6.00. The number of benzene rings is 2. The molecule has 28 heavy (non-hydrogen) atoms. The Hall–Kier alpha value is -3.13. The number of aryl methyl sites for hydroxylation is 1. The third-order valence-corrected chi connectivity index (χ3v) is 5.45. The zero-order chi connectivity index (χ0) is 20.1. The van der Waals surface area contributed by atoms with Gasteiger partial charge in [0.2, 0.25) is 0 Å². The van der Waals surface area contributed by atoms with E-state index in [0.717, 1.165) is 22.4 Å². The van der Waals surface area contributed by atoms with Gasteiger partial charge in [0.1, 0.15) is 11.7 Å². The Kier molecular flexibility index (Phi) is 6.10. The van der Waals surface area contributed by atoms with Crippen molar-refractivity contribution in [3.05, 3.63) is 65.2 Å². The van der Waals surface area contributed by atoms with E-state index in [9.17, 15) is 14.9 Å². The molecule has 0 aromatic heterocycles. The standard InChI is InChI=1S/C23H23NO4/c1-27-17-9-11-18-16(13-17)8-10-19(20(18)14-24)22(23(26)28-2)21(25)12-15-6-4-3-5-7-15/h3-7,9,11,13,19-20,22H,8,10,12H2,1-2H3. The topological polar surface area (TPSA) is 76.4 Å². The van der Waals surface area contributed by atoms with Crippen LogP contribution in [0.2, 0.25) is 0 Å². The lowest BCUT2D eigenvalue weighted by Crippen LogP contribution is -2.38. The highest BCUT2D eigenvalue weighted by atomic mass is 16.5. The summed E-state index contributed by atoms with van der Waals surface area (Å²) < 4.78 is 10.2. The molecule has 2 aromatic carbocycles. The van der Waals surface area contributed by atoms with Crippen molar-refractivity contribution in [1.82, 2.24) is 0 Å². The normalized spacial score (nSPS) is 19.0. The summed E-state index contributed by atoms with van der Waals surface area (Å²) in [6.07, 6.45) is 1.39. The van der Waals surface area contributed by atoms with E-state index in [1.54, 1.807) is 7.11 Å². The maximum absolute atomic E-state index is 13.1. The fourth-order valence-electron chi connectivity index (χ4n) is 4.05. The number of nitrogens with zero attached hydrogens (tertiary/aromatic N) is 1. The van der Waals surface area contributed by atoms with Gasteiger partial charge in [-0.25, -0.2) is 0 Å². The first kappa shape index (κ1) is 19.6. The van der Waals surface area contributed by atoms with Crippen molar-refractivity contribution in [2.75, 3.05) is 14.2 Å². The Labute approximate surface area is 164 Å². The Morgan fingerprint density at radius 3 is 2.57 bits per heavy atom. The third-order valence-electron chi connectivity index (χ3n) is 5.45. The number of nitriles is 1. The van der Waals surface area contributed by atoms with Gasteiger partial charge in [-0.2, -0.15) is 5.26 Å². The summed E-state index contributed by atoms with van der Waals surface area (Å²) in [5.41, 5.74) is 2.73. The number of hydrogen-bond acceptors (Lipinski definition) is 5. The smallest absolute Gasteiger partial charge is 0.316 e. The monoisotopic (exact) mass is 377 g/mol. The molecule has 0 spiro atoms. The summed E-state index contributed by atoms with van der Waals surface area (Å²) in [6.45, 7) is 0. The first-order valence-corrected chi connectivity index (χ1v) is 9.30. The summed E-state index contributed by atoms with van der Waals surface area (Å²) in [7, 11) is 2.89. The molecule has 0 amide bonds. The molecule has 0 saturated heterocycles. The number of esters is 1. The van der Waals surface area contributed by atoms with Gasteiger partial charge < -0.3 is 9.47 Å². The van der Waals surface area contributed by atoms with Crippen LogP contribution in [0.4, 0.5) is 0 Å². The van der Waals surface area contributed by atoms with E-state index in [0.29, 0.717) is 12.8 Å². The molecule has 5 nitrogen and oxygen atoms in total. The first-order valence-electron chi connectivity index (χ1n) is 9.30. The molecular formula is C23H23NO4. The molecule has 3 rings (SSSR count). The summed E-state index contributed by atoms with van der Waals surface area (Å²) in [5, 5.41) is 9.86. The minimum Gasteiger partial charge on any atom is -0.497 e. The summed E-state index contributed by atoms with van der Waals surface area (Å²) in [5.74, 6) is -1.94. The lowest BCUT2D eigenvalue weighted by atomic mass is 9.68. The lowest BCUT2D eigenvalue weighted by molar-refractivity contribution is -0.152. The highest BCUT2D eigenvalue weighted by Gasteiger charge is 2.42. The largest absolute Gasteiger partial charge is 0.497 e. The molecule has 0 bridgehead atoms. The Morgan fingerprint density at radius 2 is 1.93 bits per heavy atom. The number of ketones is 1. The van der Waals surface area contributed by atoms with E-state index in [1.807, 2.05) is 48.5 Å². The molecule has 2 aromatic rings. The number of ether oxygens (including phenoxy) is 2. The molecule has 1 aliphatic rings. The average Bonchev–Trinajstić information content (AvgIpc) is 2.73. The van der Waals surface area contributed by atoms with Crippen molar-refractivity contribution < 1.29 is 19.1 Å². The number of Topliss-reactive ketones (excluding diaryl/α,β-unsaturated/α-hetero) is 1. The number of methoxy groups -OCH3 is 2. The van der Waals surface area contributed by atoms with Crippen LogP contribution in [0.25, 0.3) is 0 Å². The predicted molar refractivity (Wildman–Crippen MR) is 104 cm³/mol. The molecule has 0 fully saturated rings. The van der Waals surface area contributed by atoms with Crippen molar-refractivity contribution in [1.29, 1.82) is 5.26 Å². The van der Waals surface area contributed by atoms with Crippen molar-refractivity contribution in [3.63, 3.8) is 0 Å². The van der Waals surface area contributed by atoms with Gasteiger partial charge in [-0.1, -0.05) is 36.4 Å². The van der Waals surface area contributed by atoms with Crippen LogP contribution in [0.1, 0.15) is 29.0 Å². The molecule has 0 heterocycles. The van der Waals surface area contributed by atoms with Crippen LogP contribution in [0, 0.1) is 23.2 Å².